The van der Waals surface area contributed by atoms with E-state index >= 15 is 0 Å². The maximum atomic E-state index is 8.52. The number of aliphatic hydroxyl groups excluding tert-OH is 1. The Morgan fingerprint density at radius 3 is 2.09 bits per heavy atom. The molecule has 0 rings (SSSR count). The smallest absolute Gasteiger partial charge is 0.140 e. The highest BCUT2D eigenvalue weighted by molar-refractivity contribution is 5.81. The van der Waals surface area contributed by atoms with Crippen molar-refractivity contribution in [3.63, 3.8) is 0 Å². The molecule has 0 aromatic carbocycles. The summed E-state index contributed by atoms with van der Waals surface area (Å²) in [5.74, 6) is 0. The SMILES string of the molecule is CCCCCCCCCC(C)=NOCCOCCOCCO. The minimum absolute atomic E-state index is 0.0514. The zero-order valence-electron chi connectivity index (χ0n) is 14.5. The largest absolute Gasteiger partial charge is 0.394 e. The monoisotopic (exact) mass is 317 g/mol. The van der Waals surface area contributed by atoms with Crippen molar-refractivity contribution in [1.29, 1.82) is 0 Å². The number of ether oxygens (including phenoxy) is 2. The van der Waals surface area contributed by atoms with Crippen LogP contribution in [0, 0.1) is 0 Å². The van der Waals surface area contributed by atoms with Crippen molar-refractivity contribution in [3.05, 3.63) is 0 Å². The van der Waals surface area contributed by atoms with Crippen LogP contribution in [0.2, 0.25) is 0 Å². The molecule has 22 heavy (non-hydrogen) atoms. The lowest BCUT2D eigenvalue weighted by atomic mass is 10.1. The normalized spacial score (nSPS) is 11.9. The van der Waals surface area contributed by atoms with Gasteiger partial charge >= 0.3 is 0 Å². The molecule has 0 heterocycles. The summed E-state index contributed by atoms with van der Waals surface area (Å²) in [4.78, 5) is 5.22. The van der Waals surface area contributed by atoms with Gasteiger partial charge in [-0.25, -0.2) is 0 Å². The van der Waals surface area contributed by atoms with Gasteiger partial charge in [-0.3, -0.25) is 0 Å². The van der Waals surface area contributed by atoms with Gasteiger partial charge in [0.25, 0.3) is 0 Å². The summed E-state index contributed by atoms with van der Waals surface area (Å²) in [7, 11) is 0. The second kappa shape index (κ2) is 18.4. The molecule has 132 valence electrons. The van der Waals surface area contributed by atoms with Gasteiger partial charge in [-0.05, 0) is 19.8 Å². The number of rotatable bonds is 17. The highest BCUT2D eigenvalue weighted by Crippen LogP contribution is 2.08. The lowest BCUT2D eigenvalue weighted by Crippen LogP contribution is -2.10. The van der Waals surface area contributed by atoms with Gasteiger partial charge in [-0.15, -0.1) is 0 Å². The van der Waals surface area contributed by atoms with E-state index in [2.05, 4.69) is 12.1 Å². The maximum Gasteiger partial charge on any atom is 0.140 e. The molecule has 0 aromatic heterocycles. The molecule has 0 unspecified atom stereocenters. The molecule has 0 saturated carbocycles. The number of hydrogen-bond donors (Lipinski definition) is 1. The third-order valence-electron chi connectivity index (χ3n) is 3.29. The van der Waals surface area contributed by atoms with Gasteiger partial charge < -0.3 is 19.4 Å². The average molecular weight is 317 g/mol. The molecule has 5 nitrogen and oxygen atoms in total. The summed E-state index contributed by atoms with van der Waals surface area (Å²) >= 11 is 0. The summed E-state index contributed by atoms with van der Waals surface area (Å²) in [6.45, 7) is 6.67. The summed E-state index contributed by atoms with van der Waals surface area (Å²) < 4.78 is 10.4. The first-order chi connectivity index (χ1) is 10.8. The van der Waals surface area contributed by atoms with E-state index in [9.17, 15) is 0 Å². The molecule has 0 radical (unpaired) electrons. The van der Waals surface area contributed by atoms with Crippen LogP contribution in [0.1, 0.15) is 65.2 Å². The summed E-state index contributed by atoms with van der Waals surface area (Å²) in [6.07, 6.45) is 10.2. The predicted molar refractivity (Wildman–Crippen MR) is 90.4 cm³/mol. The highest BCUT2D eigenvalue weighted by Gasteiger charge is 1.95. The van der Waals surface area contributed by atoms with Gasteiger partial charge in [-0.1, -0.05) is 50.6 Å². The van der Waals surface area contributed by atoms with Crippen molar-refractivity contribution in [3.8, 4) is 0 Å². The molecule has 0 saturated heterocycles. The van der Waals surface area contributed by atoms with E-state index in [4.69, 9.17) is 19.4 Å². The first-order valence-corrected chi connectivity index (χ1v) is 8.73. The van der Waals surface area contributed by atoms with E-state index < -0.39 is 0 Å². The Labute approximate surface area is 136 Å². The molecule has 0 spiro atoms. The number of aliphatic hydroxyl groups is 1. The second-order valence-corrected chi connectivity index (χ2v) is 5.48. The summed E-state index contributed by atoms with van der Waals surface area (Å²) in [6, 6.07) is 0. The van der Waals surface area contributed by atoms with Crippen molar-refractivity contribution >= 4 is 5.71 Å². The average Bonchev–Trinajstić information content (AvgIpc) is 2.52. The minimum atomic E-state index is 0.0514. The van der Waals surface area contributed by atoms with Crippen molar-refractivity contribution in [2.24, 2.45) is 5.16 Å². The zero-order chi connectivity index (χ0) is 16.3. The van der Waals surface area contributed by atoms with Gasteiger partial charge in [-0.2, -0.15) is 0 Å². The Bertz CT molecular complexity index is 247. The van der Waals surface area contributed by atoms with Crippen molar-refractivity contribution in [2.75, 3.05) is 39.6 Å². The van der Waals surface area contributed by atoms with Crippen LogP contribution in [0.15, 0.2) is 5.16 Å². The van der Waals surface area contributed by atoms with Gasteiger partial charge in [0.1, 0.15) is 6.61 Å². The molecule has 5 heteroatoms. The van der Waals surface area contributed by atoms with Crippen molar-refractivity contribution in [1.82, 2.24) is 0 Å². The standard InChI is InChI=1S/C17H35NO4/c1-3-4-5-6-7-8-9-10-17(2)18-22-16-15-21-14-13-20-12-11-19/h19H,3-16H2,1-2H3. The zero-order valence-corrected chi connectivity index (χ0v) is 14.5. The number of nitrogens with zero attached hydrogens (tertiary/aromatic N) is 1. The summed E-state index contributed by atoms with van der Waals surface area (Å²) in [5, 5.41) is 12.6. The molecule has 1 N–H and O–H groups in total. The van der Waals surface area contributed by atoms with Gasteiger partial charge in [0.15, 0.2) is 0 Å². The van der Waals surface area contributed by atoms with Crippen LogP contribution in [0.4, 0.5) is 0 Å². The van der Waals surface area contributed by atoms with E-state index in [-0.39, 0.29) is 6.61 Å². The number of unbranched alkanes of at least 4 members (excludes halogenated alkanes) is 6. The van der Waals surface area contributed by atoms with Crippen LogP contribution in [-0.2, 0) is 14.3 Å². The Kier molecular flexibility index (Phi) is 17.9. The van der Waals surface area contributed by atoms with Crippen LogP contribution >= 0.6 is 0 Å². The fraction of sp³-hybridized carbons (Fsp3) is 0.941. The van der Waals surface area contributed by atoms with Gasteiger partial charge in [0.2, 0.25) is 0 Å². The molecule has 0 fully saturated rings. The van der Waals surface area contributed by atoms with Crippen molar-refractivity contribution in [2.45, 2.75) is 65.2 Å². The van der Waals surface area contributed by atoms with Crippen LogP contribution in [-0.4, -0.2) is 50.5 Å². The maximum absolute atomic E-state index is 8.52. The van der Waals surface area contributed by atoms with E-state index in [1.807, 2.05) is 6.92 Å². The lowest BCUT2D eigenvalue weighted by Gasteiger charge is -2.05. The van der Waals surface area contributed by atoms with Gasteiger partial charge in [0.05, 0.1) is 38.7 Å². The molecule has 0 aromatic rings. The number of oxime groups is 1. The fourth-order valence-electron chi connectivity index (χ4n) is 2.02. The molecule has 0 amide bonds. The topological polar surface area (TPSA) is 60.3 Å². The van der Waals surface area contributed by atoms with Gasteiger partial charge in [0, 0.05) is 0 Å². The lowest BCUT2D eigenvalue weighted by molar-refractivity contribution is 0.00858. The summed E-state index contributed by atoms with van der Waals surface area (Å²) in [5.41, 5.74) is 1.06. The molecule has 0 bridgehead atoms. The van der Waals surface area contributed by atoms with E-state index in [0.29, 0.717) is 33.0 Å². The Morgan fingerprint density at radius 1 is 0.818 bits per heavy atom. The molecular weight excluding hydrogens is 282 g/mol. The minimum Gasteiger partial charge on any atom is -0.394 e. The molecule has 0 aliphatic carbocycles. The molecule has 0 atom stereocenters. The molecular formula is C17H35NO4. The second-order valence-electron chi connectivity index (χ2n) is 5.48. The first kappa shape index (κ1) is 21.4. The van der Waals surface area contributed by atoms with Crippen LogP contribution in [0.25, 0.3) is 0 Å². The Balaban J connectivity index is 3.24. The van der Waals surface area contributed by atoms with Crippen LogP contribution < -0.4 is 0 Å². The van der Waals surface area contributed by atoms with Crippen LogP contribution in [0.3, 0.4) is 0 Å². The first-order valence-electron chi connectivity index (χ1n) is 8.73. The third kappa shape index (κ3) is 17.4. The Hall–Kier alpha value is -0.650. The van der Waals surface area contributed by atoms with E-state index in [1.54, 1.807) is 0 Å². The fourth-order valence-corrected chi connectivity index (χ4v) is 2.02. The quantitative estimate of drug-likeness (QED) is 0.253. The van der Waals surface area contributed by atoms with E-state index in [0.717, 1.165) is 12.1 Å². The highest BCUT2D eigenvalue weighted by atomic mass is 16.6. The van der Waals surface area contributed by atoms with Crippen molar-refractivity contribution < 1.29 is 19.4 Å². The van der Waals surface area contributed by atoms with E-state index in [1.165, 1.54) is 44.9 Å². The molecule has 0 aliphatic rings. The third-order valence-corrected chi connectivity index (χ3v) is 3.29. The predicted octanol–water partition coefficient (Wildman–Crippen LogP) is 3.55. The van der Waals surface area contributed by atoms with Crippen LogP contribution in [0.5, 0.6) is 0 Å². The Morgan fingerprint density at radius 2 is 1.41 bits per heavy atom. The number of hydrogen-bond acceptors (Lipinski definition) is 5. The molecule has 0 aliphatic heterocycles.